The van der Waals surface area contributed by atoms with Crippen molar-refractivity contribution in [2.45, 2.75) is 13.8 Å². The van der Waals surface area contributed by atoms with Gasteiger partial charge in [0.1, 0.15) is 18.0 Å². The lowest BCUT2D eigenvalue weighted by Crippen LogP contribution is -2.49. The Labute approximate surface area is 147 Å². The van der Waals surface area contributed by atoms with E-state index in [-0.39, 0.29) is 6.09 Å². The molecule has 0 unspecified atom stereocenters. The molecule has 0 spiro atoms. The van der Waals surface area contributed by atoms with Crippen LogP contribution >= 0.6 is 0 Å². The van der Waals surface area contributed by atoms with Gasteiger partial charge < -0.3 is 19.9 Å². The van der Waals surface area contributed by atoms with Crippen molar-refractivity contribution in [1.82, 2.24) is 14.9 Å². The second kappa shape index (κ2) is 7.83. The first-order valence-corrected chi connectivity index (χ1v) is 8.48. The van der Waals surface area contributed by atoms with E-state index in [0.717, 1.165) is 36.0 Å². The maximum atomic E-state index is 11.8. The molecule has 1 amide bonds. The average Bonchev–Trinajstić information content (AvgIpc) is 2.64. The third-order valence-electron chi connectivity index (χ3n) is 4.19. The van der Waals surface area contributed by atoms with Crippen LogP contribution in [0.15, 0.2) is 36.7 Å². The maximum Gasteiger partial charge on any atom is 0.409 e. The molecule has 1 aromatic heterocycles. The van der Waals surface area contributed by atoms with E-state index < -0.39 is 0 Å². The van der Waals surface area contributed by atoms with E-state index in [1.807, 2.05) is 31.2 Å². The number of nitrogens with one attached hydrogen (secondary N) is 1. The van der Waals surface area contributed by atoms with Crippen LogP contribution in [-0.2, 0) is 4.74 Å². The van der Waals surface area contributed by atoms with Crippen LogP contribution in [0, 0.1) is 6.92 Å². The Morgan fingerprint density at radius 3 is 2.68 bits per heavy atom. The van der Waals surface area contributed by atoms with Gasteiger partial charge in [-0.3, -0.25) is 0 Å². The minimum absolute atomic E-state index is 0.244. The Morgan fingerprint density at radius 1 is 1.20 bits per heavy atom. The van der Waals surface area contributed by atoms with E-state index in [0.29, 0.717) is 19.7 Å². The number of rotatable bonds is 4. The molecule has 1 aliphatic rings. The Balaban J connectivity index is 1.64. The lowest BCUT2D eigenvalue weighted by molar-refractivity contribution is 0.105. The van der Waals surface area contributed by atoms with E-state index >= 15 is 0 Å². The van der Waals surface area contributed by atoms with Gasteiger partial charge in [-0.05, 0) is 25.5 Å². The number of carbonyl (C=O) groups excluding carboxylic acids is 1. The van der Waals surface area contributed by atoms with Gasteiger partial charge in [0.25, 0.3) is 0 Å². The molecule has 0 bridgehead atoms. The monoisotopic (exact) mass is 341 g/mol. The molecule has 1 aromatic carbocycles. The van der Waals surface area contributed by atoms with E-state index in [9.17, 15) is 4.79 Å². The fraction of sp³-hybridized carbons (Fsp3) is 0.389. The summed E-state index contributed by atoms with van der Waals surface area (Å²) >= 11 is 0. The Morgan fingerprint density at radius 2 is 1.96 bits per heavy atom. The molecule has 0 radical (unpaired) electrons. The number of hydrogen-bond acceptors (Lipinski definition) is 6. The summed E-state index contributed by atoms with van der Waals surface area (Å²) < 4.78 is 5.05. The number of benzene rings is 1. The zero-order chi connectivity index (χ0) is 17.6. The summed E-state index contributed by atoms with van der Waals surface area (Å²) in [4.78, 5) is 24.3. The lowest BCUT2D eigenvalue weighted by atomic mass is 10.2. The van der Waals surface area contributed by atoms with Crippen molar-refractivity contribution in [3.05, 3.63) is 42.2 Å². The number of aromatic nitrogens is 2. The number of anilines is 3. The van der Waals surface area contributed by atoms with Gasteiger partial charge in [-0.15, -0.1) is 0 Å². The SMILES string of the molecule is CCOC(=O)N1CCN(c2cc(Nc3ccccc3C)ncn2)CC1. The second-order valence-corrected chi connectivity index (χ2v) is 5.87. The van der Waals surface area contributed by atoms with E-state index in [4.69, 9.17) is 4.74 Å². The molecule has 1 aliphatic heterocycles. The zero-order valence-electron chi connectivity index (χ0n) is 14.6. The first-order chi connectivity index (χ1) is 12.2. The highest BCUT2D eigenvalue weighted by atomic mass is 16.6. The summed E-state index contributed by atoms with van der Waals surface area (Å²) in [5.41, 5.74) is 2.19. The first kappa shape index (κ1) is 17.0. The Bertz CT molecular complexity index is 729. The minimum atomic E-state index is -0.244. The van der Waals surface area contributed by atoms with Crippen molar-refractivity contribution >= 4 is 23.4 Å². The molecular formula is C18H23N5O2. The topological polar surface area (TPSA) is 70.6 Å². The highest BCUT2D eigenvalue weighted by molar-refractivity contribution is 5.68. The van der Waals surface area contributed by atoms with Gasteiger partial charge in [0.2, 0.25) is 0 Å². The van der Waals surface area contributed by atoms with Crippen LogP contribution in [0.4, 0.5) is 22.1 Å². The van der Waals surface area contributed by atoms with E-state index in [1.54, 1.807) is 11.2 Å². The van der Waals surface area contributed by atoms with Crippen LogP contribution in [-0.4, -0.2) is 53.7 Å². The van der Waals surface area contributed by atoms with Crippen LogP contribution in [0.3, 0.4) is 0 Å². The summed E-state index contributed by atoms with van der Waals surface area (Å²) in [7, 11) is 0. The van der Waals surface area contributed by atoms with Crippen LogP contribution in [0.1, 0.15) is 12.5 Å². The zero-order valence-corrected chi connectivity index (χ0v) is 14.6. The summed E-state index contributed by atoms with van der Waals surface area (Å²) in [6.07, 6.45) is 1.32. The number of para-hydroxylation sites is 1. The summed E-state index contributed by atoms with van der Waals surface area (Å²) in [6, 6.07) is 10.0. The molecule has 25 heavy (non-hydrogen) atoms. The Kier molecular flexibility index (Phi) is 5.33. The highest BCUT2D eigenvalue weighted by Gasteiger charge is 2.22. The van der Waals surface area contributed by atoms with E-state index in [2.05, 4.69) is 33.2 Å². The molecule has 7 nitrogen and oxygen atoms in total. The van der Waals surface area contributed by atoms with Crippen molar-refractivity contribution in [2.24, 2.45) is 0 Å². The normalized spacial score (nSPS) is 14.3. The number of piperazine rings is 1. The molecule has 7 heteroatoms. The van der Waals surface area contributed by atoms with Gasteiger partial charge in [0.15, 0.2) is 0 Å². The van der Waals surface area contributed by atoms with E-state index in [1.165, 1.54) is 0 Å². The second-order valence-electron chi connectivity index (χ2n) is 5.87. The molecule has 1 N–H and O–H groups in total. The maximum absolute atomic E-state index is 11.8. The molecule has 132 valence electrons. The molecule has 2 aromatic rings. The molecule has 2 heterocycles. The number of carbonyl (C=O) groups is 1. The van der Waals surface area contributed by atoms with Gasteiger partial charge in [0, 0.05) is 37.9 Å². The Hall–Kier alpha value is -2.83. The predicted molar refractivity (Wildman–Crippen MR) is 97.3 cm³/mol. The molecular weight excluding hydrogens is 318 g/mol. The number of nitrogens with zero attached hydrogens (tertiary/aromatic N) is 4. The van der Waals surface area contributed by atoms with Gasteiger partial charge in [-0.1, -0.05) is 18.2 Å². The molecule has 1 saturated heterocycles. The van der Waals surface area contributed by atoms with Crippen molar-refractivity contribution in [2.75, 3.05) is 43.0 Å². The minimum Gasteiger partial charge on any atom is -0.450 e. The van der Waals surface area contributed by atoms with Crippen molar-refractivity contribution in [1.29, 1.82) is 0 Å². The smallest absolute Gasteiger partial charge is 0.409 e. The molecule has 1 fully saturated rings. The summed E-state index contributed by atoms with van der Waals surface area (Å²) in [6.45, 7) is 6.97. The van der Waals surface area contributed by atoms with Crippen molar-refractivity contribution < 1.29 is 9.53 Å². The van der Waals surface area contributed by atoms with Crippen LogP contribution in [0.5, 0.6) is 0 Å². The van der Waals surface area contributed by atoms with Crippen molar-refractivity contribution in [3.8, 4) is 0 Å². The van der Waals surface area contributed by atoms with Crippen LogP contribution in [0.25, 0.3) is 0 Å². The summed E-state index contributed by atoms with van der Waals surface area (Å²) in [5, 5.41) is 3.33. The number of ether oxygens (including phenoxy) is 1. The molecule has 3 rings (SSSR count). The third-order valence-corrected chi connectivity index (χ3v) is 4.19. The predicted octanol–water partition coefficient (Wildman–Crippen LogP) is 2.81. The first-order valence-electron chi connectivity index (χ1n) is 8.48. The van der Waals surface area contributed by atoms with Crippen LogP contribution in [0.2, 0.25) is 0 Å². The van der Waals surface area contributed by atoms with Gasteiger partial charge in [0.05, 0.1) is 6.61 Å². The van der Waals surface area contributed by atoms with Gasteiger partial charge in [-0.2, -0.15) is 0 Å². The highest BCUT2D eigenvalue weighted by Crippen LogP contribution is 2.21. The largest absolute Gasteiger partial charge is 0.450 e. The van der Waals surface area contributed by atoms with Gasteiger partial charge in [-0.25, -0.2) is 14.8 Å². The lowest BCUT2D eigenvalue weighted by Gasteiger charge is -2.34. The van der Waals surface area contributed by atoms with Crippen LogP contribution < -0.4 is 10.2 Å². The van der Waals surface area contributed by atoms with Gasteiger partial charge >= 0.3 is 6.09 Å². The third kappa shape index (κ3) is 4.17. The molecule has 0 aliphatic carbocycles. The molecule has 0 saturated carbocycles. The fourth-order valence-corrected chi connectivity index (χ4v) is 2.77. The quantitative estimate of drug-likeness (QED) is 0.922. The average molecular weight is 341 g/mol. The summed E-state index contributed by atoms with van der Waals surface area (Å²) in [5.74, 6) is 1.61. The number of aryl methyl sites for hydroxylation is 1. The number of amides is 1. The fourth-order valence-electron chi connectivity index (χ4n) is 2.77. The standard InChI is InChI=1S/C18H23N5O2/c1-3-25-18(24)23-10-8-22(9-11-23)17-12-16(19-13-20-17)21-15-7-5-4-6-14(15)2/h4-7,12-13H,3,8-11H2,1-2H3,(H,19,20,21). The van der Waals surface area contributed by atoms with Crippen molar-refractivity contribution in [3.63, 3.8) is 0 Å². The molecule has 0 atom stereocenters. The number of hydrogen-bond donors (Lipinski definition) is 1.